The van der Waals surface area contributed by atoms with Crippen LogP contribution in [0.3, 0.4) is 0 Å². The smallest absolute Gasteiger partial charge is 0.410 e. The summed E-state index contributed by atoms with van der Waals surface area (Å²) in [7, 11) is 0. The Hall–Kier alpha value is -1.10. The maximum absolute atomic E-state index is 11.9. The van der Waals surface area contributed by atoms with Crippen LogP contribution in [0.1, 0.15) is 46.5 Å². The first-order chi connectivity index (χ1) is 8.80. The van der Waals surface area contributed by atoms with Crippen molar-refractivity contribution in [3.8, 4) is 0 Å². The second kappa shape index (κ2) is 5.12. The fourth-order valence-corrected chi connectivity index (χ4v) is 2.56. The van der Waals surface area contributed by atoms with Crippen LogP contribution in [0.25, 0.3) is 0 Å². The molecule has 2 aliphatic rings. The molecule has 0 unspecified atom stereocenters. The van der Waals surface area contributed by atoms with Crippen LogP contribution in [0.5, 0.6) is 0 Å². The Morgan fingerprint density at radius 1 is 1.26 bits per heavy atom. The topological polar surface area (TPSA) is 55.8 Å². The van der Waals surface area contributed by atoms with Crippen molar-refractivity contribution >= 4 is 11.9 Å². The summed E-state index contributed by atoms with van der Waals surface area (Å²) < 4.78 is 11.1. The van der Waals surface area contributed by atoms with E-state index in [2.05, 4.69) is 0 Å². The molecule has 0 aromatic carbocycles. The summed E-state index contributed by atoms with van der Waals surface area (Å²) in [6.45, 7) is 7.11. The van der Waals surface area contributed by atoms with Gasteiger partial charge in [0.2, 0.25) is 0 Å². The minimum Gasteiger partial charge on any atom is -0.444 e. The maximum atomic E-state index is 11.9. The molecule has 0 aromatic rings. The summed E-state index contributed by atoms with van der Waals surface area (Å²) in [6, 6.07) is 0. The lowest BCUT2D eigenvalue weighted by Crippen LogP contribution is -2.51. The zero-order valence-electron chi connectivity index (χ0n) is 12.0. The van der Waals surface area contributed by atoms with Crippen molar-refractivity contribution in [2.24, 2.45) is 0 Å². The van der Waals surface area contributed by atoms with Crippen molar-refractivity contribution in [1.29, 1.82) is 0 Å². The van der Waals surface area contributed by atoms with E-state index in [0.717, 1.165) is 19.3 Å². The van der Waals surface area contributed by atoms with Gasteiger partial charge in [-0.3, -0.25) is 4.79 Å². The second-order valence-corrected chi connectivity index (χ2v) is 6.48. The van der Waals surface area contributed by atoms with Crippen molar-refractivity contribution in [1.82, 2.24) is 4.90 Å². The SMILES string of the molecule is CC(C)(C)OC(=O)N1CCC2(CCC(=O)CO2)CC1. The molecule has 0 N–H and O–H groups in total. The van der Waals surface area contributed by atoms with Gasteiger partial charge in [0, 0.05) is 19.5 Å². The molecule has 5 nitrogen and oxygen atoms in total. The summed E-state index contributed by atoms with van der Waals surface area (Å²) >= 11 is 0. The number of carbonyl (C=O) groups is 2. The number of hydrogen-bond donors (Lipinski definition) is 0. The predicted octanol–water partition coefficient (Wildman–Crippen LogP) is 2.14. The molecule has 0 radical (unpaired) electrons. The first kappa shape index (κ1) is 14.3. The Kier molecular flexibility index (Phi) is 3.85. The summed E-state index contributed by atoms with van der Waals surface area (Å²) in [5.41, 5.74) is -0.646. The monoisotopic (exact) mass is 269 g/mol. The Balaban J connectivity index is 1.85. The molecular weight excluding hydrogens is 246 g/mol. The minimum atomic E-state index is -0.458. The first-order valence-electron chi connectivity index (χ1n) is 6.93. The van der Waals surface area contributed by atoms with Gasteiger partial charge in [-0.2, -0.15) is 0 Å². The van der Waals surface area contributed by atoms with Crippen LogP contribution in [0.4, 0.5) is 4.79 Å². The Labute approximate surface area is 114 Å². The lowest BCUT2D eigenvalue weighted by Gasteiger charge is -2.43. The van der Waals surface area contributed by atoms with Gasteiger partial charge in [0.15, 0.2) is 5.78 Å². The van der Waals surface area contributed by atoms with Crippen LogP contribution in [0, 0.1) is 0 Å². The van der Waals surface area contributed by atoms with E-state index in [1.54, 1.807) is 4.90 Å². The molecule has 0 aromatic heterocycles. The molecule has 19 heavy (non-hydrogen) atoms. The van der Waals surface area contributed by atoms with Gasteiger partial charge in [0.1, 0.15) is 12.2 Å². The molecule has 2 rings (SSSR count). The highest BCUT2D eigenvalue weighted by molar-refractivity contribution is 5.80. The molecule has 0 bridgehead atoms. The van der Waals surface area contributed by atoms with Crippen LogP contribution >= 0.6 is 0 Å². The summed E-state index contributed by atoms with van der Waals surface area (Å²) in [5.74, 6) is 0.181. The third-order valence-corrected chi connectivity index (χ3v) is 3.73. The number of piperidine rings is 1. The van der Waals surface area contributed by atoms with Gasteiger partial charge < -0.3 is 14.4 Å². The number of Topliss-reactive ketones (excluding diaryl/α,β-unsaturated/α-hetero) is 1. The van der Waals surface area contributed by atoms with Gasteiger partial charge in [-0.25, -0.2) is 4.79 Å². The number of carbonyl (C=O) groups excluding carboxylic acids is 2. The quantitative estimate of drug-likeness (QED) is 0.676. The van der Waals surface area contributed by atoms with E-state index >= 15 is 0 Å². The van der Waals surface area contributed by atoms with Crippen molar-refractivity contribution in [2.75, 3.05) is 19.7 Å². The number of ketones is 1. The Morgan fingerprint density at radius 2 is 1.89 bits per heavy atom. The number of nitrogens with zero attached hydrogens (tertiary/aromatic N) is 1. The maximum Gasteiger partial charge on any atom is 0.410 e. The van der Waals surface area contributed by atoms with Crippen molar-refractivity contribution < 1.29 is 19.1 Å². The minimum absolute atomic E-state index is 0.181. The van der Waals surface area contributed by atoms with Crippen molar-refractivity contribution in [2.45, 2.75) is 57.7 Å². The van der Waals surface area contributed by atoms with Crippen LogP contribution in [-0.2, 0) is 14.3 Å². The zero-order chi connectivity index (χ0) is 14.1. The molecule has 0 saturated carbocycles. The standard InChI is InChI=1S/C14H23NO4/c1-13(2,3)19-12(17)15-8-6-14(7-9-15)5-4-11(16)10-18-14/h4-10H2,1-3H3. The normalized spacial score (nSPS) is 23.5. The summed E-state index contributed by atoms with van der Waals surface area (Å²) in [4.78, 5) is 24.9. The molecule has 1 spiro atoms. The molecule has 108 valence electrons. The summed E-state index contributed by atoms with van der Waals surface area (Å²) in [6.07, 6.45) is 2.72. The lowest BCUT2D eigenvalue weighted by molar-refractivity contribution is -0.149. The average Bonchev–Trinajstić information content (AvgIpc) is 2.32. The molecule has 0 atom stereocenters. The number of amides is 1. The van der Waals surface area contributed by atoms with E-state index in [9.17, 15) is 9.59 Å². The molecule has 2 saturated heterocycles. The Bertz CT molecular complexity index is 352. The lowest BCUT2D eigenvalue weighted by atomic mass is 9.84. The van der Waals surface area contributed by atoms with Gasteiger partial charge in [-0.1, -0.05) is 0 Å². The van der Waals surface area contributed by atoms with E-state index in [1.165, 1.54) is 0 Å². The second-order valence-electron chi connectivity index (χ2n) is 6.48. The van der Waals surface area contributed by atoms with Gasteiger partial charge in [0.25, 0.3) is 0 Å². The molecule has 2 aliphatic heterocycles. The van der Waals surface area contributed by atoms with E-state index in [0.29, 0.717) is 19.5 Å². The van der Waals surface area contributed by atoms with Crippen molar-refractivity contribution in [3.05, 3.63) is 0 Å². The fraction of sp³-hybridized carbons (Fsp3) is 0.857. The molecule has 2 fully saturated rings. The van der Waals surface area contributed by atoms with E-state index < -0.39 is 5.60 Å². The van der Waals surface area contributed by atoms with Crippen LogP contribution in [0.15, 0.2) is 0 Å². The predicted molar refractivity (Wildman–Crippen MR) is 70.0 cm³/mol. The summed E-state index contributed by atoms with van der Waals surface area (Å²) in [5, 5.41) is 0. The van der Waals surface area contributed by atoms with Crippen LogP contribution in [0.2, 0.25) is 0 Å². The molecule has 5 heteroatoms. The van der Waals surface area contributed by atoms with Gasteiger partial charge in [0.05, 0.1) is 5.60 Å². The Morgan fingerprint density at radius 3 is 2.37 bits per heavy atom. The van der Waals surface area contributed by atoms with Gasteiger partial charge in [-0.15, -0.1) is 0 Å². The van der Waals surface area contributed by atoms with E-state index in [1.807, 2.05) is 20.8 Å². The highest BCUT2D eigenvalue weighted by Gasteiger charge is 2.40. The third kappa shape index (κ3) is 3.69. The first-order valence-corrected chi connectivity index (χ1v) is 6.93. The zero-order valence-corrected chi connectivity index (χ0v) is 12.0. The highest BCUT2D eigenvalue weighted by Crippen LogP contribution is 2.34. The number of hydrogen-bond acceptors (Lipinski definition) is 4. The van der Waals surface area contributed by atoms with Crippen LogP contribution < -0.4 is 0 Å². The molecule has 2 heterocycles. The van der Waals surface area contributed by atoms with Crippen molar-refractivity contribution in [3.63, 3.8) is 0 Å². The third-order valence-electron chi connectivity index (χ3n) is 3.73. The van der Waals surface area contributed by atoms with Gasteiger partial charge in [-0.05, 0) is 40.0 Å². The number of ether oxygens (including phenoxy) is 2. The molecule has 0 aliphatic carbocycles. The average molecular weight is 269 g/mol. The number of rotatable bonds is 0. The number of likely N-dealkylation sites (tertiary alicyclic amines) is 1. The largest absolute Gasteiger partial charge is 0.444 e. The van der Waals surface area contributed by atoms with E-state index in [4.69, 9.17) is 9.47 Å². The van der Waals surface area contributed by atoms with Gasteiger partial charge >= 0.3 is 6.09 Å². The molecular formula is C14H23NO4. The van der Waals surface area contributed by atoms with E-state index in [-0.39, 0.29) is 24.1 Å². The molecule has 1 amide bonds. The van der Waals surface area contributed by atoms with Crippen LogP contribution in [-0.4, -0.2) is 47.7 Å². The highest BCUT2D eigenvalue weighted by atomic mass is 16.6. The fourth-order valence-electron chi connectivity index (χ4n) is 2.56.